The fourth-order valence-electron chi connectivity index (χ4n) is 1.79. The monoisotopic (exact) mass is 267 g/mol. The number of nitrogens with one attached hydrogen (secondary N) is 1. The van der Waals surface area contributed by atoms with Crippen LogP contribution in [0.3, 0.4) is 0 Å². The van der Waals surface area contributed by atoms with E-state index in [0.29, 0.717) is 13.2 Å². The highest BCUT2D eigenvalue weighted by atomic mass is 16.5. The van der Waals surface area contributed by atoms with Gasteiger partial charge in [-0.25, -0.2) is 0 Å². The molecule has 0 fully saturated rings. The summed E-state index contributed by atoms with van der Waals surface area (Å²) in [5.74, 6) is 1.60. The average Bonchev–Trinajstić information content (AvgIpc) is 2.38. The number of hydrogen-bond acceptors (Lipinski definition) is 4. The van der Waals surface area contributed by atoms with E-state index in [0.717, 1.165) is 30.2 Å². The van der Waals surface area contributed by atoms with Crippen molar-refractivity contribution in [2.45, 2.75) is 33.4 Å². The van der Waals surface area contributed by atoms with Gasteiger partial charge >= 0.3 is 0 Å². The highest BCUT2D eigenvalue weighted by Gasteiger charge is 2.09. The molecule has 1 rings (SSSR count). The van der Waals surface area contributed by atoms with E-state index in [1.165, 1.54) is 0 Å². The van der Waals surface area contributed by atoms with Gasteiger partial charge < -0.3 is 19.5 Å². The average molecular weight is 267 g/mol. The first-order valence-electron chi connectivity index (χ1n) is 6.80. The van der Waals surface area contributed by atoms with E-state index in [1.54, 1.807) is 7.11 Å². The molecule has 4 nitrogen and oxygen atoms in total. The fourth-order valence-corrected chi connectivity index (χ4v) is 1.79. The molecule has 0 heterocycles. The molecule has 0 aliphatic rings. The van der Waals surface area contributed by atoms with E-state index in [-0.39, 0.29) is 6.10 Å². The van der Waals surface area contributed by atoms with Crippen LogP contribution in [-0.2, 0) is 11.3 Å². The van der Waals surface area contributed by atoms with Gasteiger partial charge in [-0.3, -0.25) is 0 Å². The van der Waals surface area contributed by atoms with Crippen LogP contribution in [0.2, 0.25) is 0 Å². The Morgan fingerprint density at radius 3 is 2.68 bits per heavy atom. The largest absolute Gasteiger partial charge is 0.493 e. The molecule has 4 heteroatoms. The lowest BCUT2D eigenvalue weighted by Gasteiger charge is -2.14. The summed E-state index contributed by atoms with van der Waals surface area (Å²) >= 11 is 0. The first-order chi connectivity index (χ1) is 9.19. The first kappa shape index (κ1) is 15.8. The summed E-state index contributed by atoms with van der Waals surface area (Å²) in [5, 5.41) is 3.34. The molecule has 0 saturated carbocycles. The van der Waals surface area contributed by atoms with Crippen molar-refractivity contribution < 1.29 is 14.2 Å². The van der Waals surface area contributed by atoms with Gasteiger partial charge in [-0.2, -0.15) is 0 Å². The zero-order valence-electron chi connectivity index (χ0n) is 12.4. The van der Waals surface area contributed by atoms with Crippen LogP contribution in [0.15, 0.2) is 18.2 Å². The molecule has 0 saturated heterocycles. The van der Waals surface area contributed by atoms with Gasteiger partial charge in [0.1, 0.15) is 0 Å². The number of methoxy groups -OCH3 is 1. The van der Waals surface area contributed by atoms with Crippen LogP contribution in [0, 0.1) is 0 Å². The number of para-hydroxylation sites is 1. The third-order valence-corrected chi connectivity index (χ3v) is 2.61. The van der Waals surface area contributed by atoms with Crippen molar-refractivity contribution in [2.75, 3.05) is 26.9 Å². The Bertz CT molecular complexity index is 366. The summed E-state index contributed by atoms with van der Waals surface area (Å²) < 4.78 is 16.5. The highest BCUT2D eigenvalue weighted by molar-refractivity contribution is 5.46. The van der Waals surface area contributed by atoms with Crippen molar-refractivity contribution >= 4 is 0 Å². The standard InChI is InChI=1S/C15H25NO3/c1-5-18-14-8-6-7-13(15(14)17-4)11-16-9-10-19-12(2)3/h6-8,12,16H,5,9-11H2,1-4H3. The van der Waals surface area contributed by atoms with Crippen LogP contribution in [0.5, 0.6) is 11.5 Å². The Balaban J connectivity index is 2.50. The molecule has 0 atom stereocenters. The zero-order valence-corrected chi connectivity index (χ0v) is 12.4. The number of benzene rings is 1. The Labute approximate surface area is 116 Å². The maximum Gasteiger partial charge on any atom is 0.165 e. The fraction of sp³-hybridized carbons (Fsp3) is 0.600. The molecule has 0 amide bonds. The van der Waals surface area contributed by atoms with E-state index in [1.807, 2.05) is 39.0 Å². The number of hydrogen-bond donors (Lipinski definition) is 1. The van der Waals surface area contributed by atoms with Gasteiger partial charge in [-0.05, 0) is 26.8 Å². The van der Waals surface area contributed by atoms with Crippen LogP contribution < -0.4 is 14.8 Å². The maximum absolute atomic E-state index is 5.55. The van der Waals surface area contributed by atoms with Crippen molar-refractivity contribution in [3.05, 3.63) is 23.8 Å². The Hall–Kier alpha value is -1.26. The number of ether oxygens (including phenoxy) is 3. The van der Waals surface area contributed by atoms with Gasteiger partial charge in [0.25, 0.3) is 0 Å². The van der Waals surface area contributed by atoms with Crippen molar-refractivity contribution in [3.63, 3.8) is 0 Å². The van der Waals surface area contributed by atoms with Gasteiger partial charge in [0.15, 0.2) is 11.5 Å². The summed E-state index contributed by atoms with van der Waals surface area (Å²) in [6.45, 7) is 8.95. The third kappa shape index (κ3) is 5.49. The molecule has 0 spiro atoms. The molecule has 0 bridgehead atoms. The molecule has 0 aliphatic heterocycles. The topological polar surface area (TPSA) is 39.7 Å². The molecule has 1 aromatic carbocycles. The summed E-state index contributed by atoms with van der Waals surface area (Å²) in [6, 6.07) is 5.94. The second-order valence-electron chi connectivity index (χ2n) is 4.48. The SMILES string of the molecule is CCOc1cccc(CNCCOC(C)C)c1OC. The second kappa shape index (κ2) is 8.77. The first-order valence-corrected chi connectivity index (χ1v) is 6.80. The van der Waals surface area contributed by atoms with E-state index in [4.69, 9.17) is 14.2 Å². The predicted molar refractivity (Wildman–Crippen MR) is 77.0 cm³/mol. The van der Waals surface area contributed by atoms with Gasteiger partial charge in [-0.1, -0.05) is 12.1 Å². The summed E-state index contributed by atoms with van der Waals surface area (Å²) in [5.41, 5.74) is 1.10. The lowest BCUT2D eigenvalue weighted by atomic mass is 10.2. The lowest BCUT2D eigenvalue weighted by molar-refractivity contribution is 0.0807. The zero-order chi connectivity index (χ0) is 14.1. The molecule has 1 N–H and O–H groups in total. The minimum absolute atomic E-state index is 0.276. The van der Waals surface area contributed by atoms with Gasteiger partial charge in [0, 0.05) is 18.7 Å². The molecule has 0 unspecified atom stereocenters. The van der Waals surface area contributed by atoms with E-state index in [2.05, 4.69) is 5.32 Å². The Morgan fingerprint density at radius 1 is 1.26 bits per heavy atom. The summed E-state index contributed by atoms with van der Waals surface area (Å²) in [6.07, 6.45) is 0.276. The second-order valence-corrected chi connectivity index (χ2v) is 4.48. The van der Waals surface area contributed by atoms with Crippen LogP contribution in [0.25, 0.3) is 0 Å². The van der Waals surface area contributed by atoms with E-state index >= 15 is 0 Å². The lowest BCUT2D eigenvalue weighted by Crippen LogP contribution is -2.21. The minimum Gasteiger partial charge on any atom is -0.493 e. The smallest absolute Gasteiger partial charge is 0.165 e. The molecule has 0 aliphatic carbocycles. The van der Waals surface area contributed by atoms with E-state index < -0.39 is 0 Å². The van der Waals surface area contributed by atoms with Crippen molar-refractivity contribution in [1.82, 2.24) is 5.32 Å². The van der Waals surface area contributed by atoms with Crippen LogP contribution in [0.1, 0.15) is 26.3 Å². The quantitative estimate of drug-likeness (QED) is 0.698. The maximum atomic E-state index is 5.55. The highest BCUT2D eigenvalue weighted by Crippen LogP contribution is 2.30. The molecular formula is C15H25NO3. The van der Waals surface area contributed by atoms with Crippen LogP contribution >= 0.6 is 0 Å². The Morgan fingerprint density at radius 2 is 2.05 bits per heavy atom. The van der Waals surface area contributed by atoms with E-state index in [9.17, 15) is 0 Å². The molecular weight excluding hydrogens is 242 g/mol. The van der Waals surface area contributed by atoms with Crippen molar-refractivity contribution in [2.24, 2.45) is 0 Å². The molecule has 1 aromatic rings. The van der Waals surface area contributed by atoms with Crippen LogP contribution in [-0.4, -0.2) is 33.0 Å². The van der Waals surface area contributed by atoms with Crippen LogP contribution in [0.4, 0.5) is 0 Å². The minimum atomic E-state index is 0.276. The normalized spacial score (nSPS) is 10.8. The molecule has 19 heavy (non-hydrogen) atoms. The summed E-state index contributed by atoms with van der Waals surface area (Å²) in [7, 11) is 1.67. The number of rotatable bonds is 9. The Kier molecular flexibility index (Phi) is 7.30. The molecule has 0 aromatic heterocycles. The van der Waals surface area contributed by atoms with Crippen molar-refractivity contribution in [1.29, 1.82) is 0 Å². The molecule has 0 radical (unpaired) electrons. The van der Waals surface area contributed by atoms with Gasteiger partial charge in [-0.15, -0.1) is 0 Å². The predicted octanol–water partition coefficient (Wildman–Crippen LogP) is 2.61. The molecule has 108 valence electrons. The summed E-state index contributed by atoms with van der Waals surface area (Å²) in [4.78, 5) is 0. The van der Waals surface area contributed by atoms with Gasteiger partial charge in [0.05, 0.1) is 26.4 Å². The van der Waals surface area contributed by atoms with Crippen molar-refractivity contribution in [3.8, 4) is 11.5 Å². The van der Waals surface area contributed by atoms with Gasteiger partial charge in [0.2, 0.25) is 0 Å². The third-order valence-electron chi connectivity index (χ3n) is 2.61.